The van der Waals surface area contributed by atoms with E-state index >= 15 is 0 Å². The fourth-order valence-corrected chi connectivity index (χ4v) is 3.07. The first-order valence-corrected chi connectivity index (χ1v) is 8.90. The zero-order valence-corrected chi connectivity index (χ0v) is 15.9. The van der Waals surface area contributed by atoms with Gasteiger partial charge in [0.05, 0.1) is 22.1 Å². The van der Waals surface area contributed by atoms with E-state index in [1.165, 1.54) is 18.2 Å². The number of nitrogens with one attached hydrogen (secondary N) is 1. The molecule has 1 unspecified atom stereocenters. The predicted molar refractivity (Wildman–Crippen MR) is 103 cm³/mol. The van der Waals surface area contributed by atoms with Crippen molar-refractivity contribution in [3.63, 3.8) is 0 Å². The molecule has 146 valence electrons. The number of likely N-dealkylation sites (tertiary alicyclic amines) is 1. The molecule has 9 heteroatoms. The van der Waals surface area contributed by atoms with E-state index in [1.807, 2.05) is 20.8 Å². The molecule has 0 aliphatic carbocycles. The van der Waals surface area contributed by atoms with Crippen molar-refractivity contribution in [2.24, 2.45) is 0 Å². The number of benzene rings is 1. The summed E-state index contributed by atoms with van der Waals surface area (Å²) in [4.78, 5) is 28.7. The van der Waals surface area contributed by atoms with E-state index in [2.05, 4.69) is 16.4 Å². The van der Waals surface area contributed by atoms with Crippen LogP contribution in [0.15, 0.2) is 24.3 Å². The maximum atomic E-state index is 12.2. The molecule has 0 bridgehead atoms. The van der Waals surface area contributed by atoms with Gasteiger partial charge in [0.15, 0.2) is 0 Å². The number of anilines is 1. The number of nitro groups is 1. The third-order valence-electron chi connectivity index (χ3n) is 4.32. The number of rotatable bonds is 3. The Hall–Kier alpha value is -3.41. The Morgan fingerprint density at radius 3 is 2.82 bits per heavy atom. The minimum Gasteiger partial charge on any atom is -0.444 e. The molecular formula is C19H21N5O4. The Labute approximate surface area is 162 Å². The first-order chi connectivity index (χ1) is 13.2. The maximum Gasteiger partial charge on any atom is 0.410 e. The molecular weight excluding hydrogens is 362 g/mol. The highest BCUT2D eigenvalue weighted by Gasteiger charge is 2.30. The maximum absolute atomic E-state index is 12.2. The number of nitrogens with zero attached hydrogens (tertiary/aromatic N) is 4. The Morgan fingerprint density at radius 1 is 1.43 bits per heavy atom. The van der Waals surface area contributed by atoms with Gasteiger partial charge in [-0.05, 0) is 39.3 Å². The molecule has 3 rings (SSSR count). The van der Waals surface area contributed by atoms with Gasteiger partial charge in [0.2, 0.25) is 0 Å². The largest absolute Gasteiger partial charge is 0.444 e. The molecule has 9 nitrogen and oxygen atoms in total. The van der Waals surface area contributed by atoms with Crippen molar-refractivity contribution in [1.82, 2.24) is 9.88 Å². The molecule has 1 N–H and O–H groups in total. The molecule has 1 amide bonds. The van der Waals surface area contributed by atoms with Crippen LogP contribution >= 0.6 is 0 Å². The molecule has 1 aromatic carbocycles. The van der Waals surface area contributed by atoms with Gasteiger partial charge in [-0.25, -0.2) is 9.78 Å². The highest BCUT2D eigenvalue weighted by atomic mass is 16.6. The fraction of sp³-hybridized carbons (Fsp3) is 0.421. The van der Waals surface area contributed by atoms with Gasteiger partial charge < -0.3 is 15.0 Å². The second-order valence-electron chi connectivity index (χ2n) is 7.68. The smallest absolute Gasteiger partial charge is 0.410 e. The third kappa shape index (κ3) is 4.28. The first kappa shape index (κ1) is 19.4. The molecule has 2 aromatic rings. The van der Waals surface area contributed by atoms with E-state index < -0.39 is 10.5 Å². The number of ether oxygens (including phenoxy) is 1. The fourth-order valence-electron chi connectivity index (χ4n) is 3.07. The van der Waals surface area contributed by atoms with E-state index in [0.717, 1.165) is 6.42 Å². The van der Waals surface area contributed by atoms with Crippen LogP contribution in [-0.2, 0) is 4.74 Å². The summed E-state index contributed by atoms with van der Waals surface area (Å²) in [5.41, 5.74) is 0.162. The zero-order valence-electron chi connectivity index (χ0n) is 15.9. The Bertz CT molecular complexity index is 977. The number of aromatic nitrogens is 1. The highest BCUT2D eigenvalue weighted by Crippen LogP contribution is 2.26. The summed E-state index contributed by atoms with van der Waals surface area (Å²) in [5.74, 6) is 0.494. The Balaban J connectivity index is 1.76. The normalized spacial score (nSPS) is 16.6. The van der Waals surface area contributed by atoms with Gasteiger partial charge in [0.1, 0.15) is 11.4 Å². The van der Waals surface area contributed by atoms with Crippen LogP contribution in [0.4, 0.5) is 16.3 Å². The number of carbonyl (C=O) groups excluding carboxylic acids is 1. The van der Waals surface area contributed by atoms with Crippen molar-refractivity contribution in [3.05, 3.63) is 39.9 Å². The molecule has 0 spiro atoms. The van der Waals surface area contributed by atoms with Gasteiger partial charge in [0, 0.05) is 36.7 Å². The summed E-state index contributed by atoms with van der Waals surface area (Å²) in [6, 6.07) is 7.85. The third-order valence-corrected chi connectivity index (χ3v) is 4.32. The number of pyridine rings is 1. The zero-order chi connectivity index (χ0) is 20.5. The van der Waals surface area contributed by atoms with Crippen LogP contribution in [0.1, 0.15) is 32.8 Å². The van der Waals surface area contributed by atoms with Gasteiger partial charge in [-0.3, -0.25) is 10.1 Å². The van der Waals surface area contributed by atoms with Crippen LogP contribution in [0.2, 0.25) is 0 Å². The minimum atomic E-state index is -0.549. The van der Waals surface area contributed by atoms with Gasteiger partial charge in [-0.15, -0.1) is 0 Å². The number of hydrogen-bond donors (Lipinski definition) is 1. The van der Waals surface area contributed by atoms with Crippen molar-refractivity contribution < 1.29 is 14.5 Å². The molecule has 1 aliphatic heterocycles. The molecule has 1 atom stereocenters. The molecule has 1 aromatic heterocycles. The van der Waals surface area contributed by atoms with Crippen LogP contribution < -0.4 is 5.32 Å². The van der Waals surface area contributed by atoms with Crippen LogP contribution in [0, 0.1) is 21.4 Å². The van der Waals surface area contributed by atoms with Crippen molar-refractivity contribution in [1.29, 1.82) is 5.26 Å². The van der Waals surface area contributed by atoms with Crippen molar-refractivity contribution in [3.8, 4) is 6.07 Å². The predicted octanol–water partition coefficient (Wildman–Crippen LogP) is 3.44. The quantitative estimate of drug-likeness (QED) is 0.636. The number of nitriles is 1. The van der Waals surface area contributed by atoms with Gasteiger partial charge in [-0.1, -0.05) is 0 Å². The number of fused-ring (bicyclic) bond motifs is 1. The average Bonchev–Trinajstić information content (AvgIpc) is 3.07. The molecule has 0 saturated carbocycles. The van der Waals surface area contributed by atoms with E-state index in [1.54, 1.807) is 11.0 Å². The minimum absolute atomic E-state index is 0.0259. The molecule has 0 radical (unpaired) electrons. The molecule has 1 saturated heterocycles. The number of nitro benzene ring substituents is 1. The van der Waals surface area contributed by atoms with Gasteiger partial charge in [-0.2, -0.15) is 5.26 Å². The monoisotopic (exact) mass is 383 g/mol. The standard InChI is InChI=1S/C19H21N5O4/c1-19(2,3)28-18(25)23-7-6-13(11-23)21-17-8-12(10-20)15-9-14(24(26)27)4-5-16(15)22-17/h4-5,8-9,13H,6-7,11H2,1-3H3,(H,21,22). The average molecular weight is 383 g/mol. The lowest BCUT2D eigenvalue weighted by Gasteiger charge is -2.24. The Morgan fingerprint density at radius 2 is 2.18 bits per heavy atom. The number of non-ortho nitro benzene ring substituents is 1. The SMILES string of the molecule is CC(C)(C)OC(=O)N1CCC(Nc2cc(C#N)c3cc([N+](=O)[O-])ccc3n2)C1. The number of hydrogen-bond acceptors (Lipinski definition) is 7. The van der Waals surface area contributed by atoms with Crippen LogP contribution in [0.3, 0.4) is 0 Å². The molecule has 28 heavy (non-hydrogen) atoms. The number of amides is 1. The molecule has 1 fully saturated rings. The second kappa shape index (κ2) is 7.31. The summed E-state index contributed by atoms with van der Waals surface area (Å²) in [7, 11) is 0. The van der Waals surface area contributed by atoms with E-state index in [9.17, 15) is 20.2 Å². The first-order valence-electron chi connectivity index (χ1n) is 8.90. The van der Waals surface area contributed by atoms with Gasteiger partial charge >= 0.3 is 6.09 Å². The summed E-state index contributed by atoms with van der Waals surface area (Å²) in [6.07, 6.45) is 0.370. The summed E-state index contributed by atoms with van der Waals surface area (Å²) >= 11 is 0. The van der Waals surface area contributed by atoms with Crippen molar-refractivity contribution >= 4 is 28.5 Å². The second-order valence-corrected chi connectivity index (χ2v) is 7.68. The lowest BCUT2D eigenvalue weighted by Crippen LogP contribution is -2.36. The van der Waals surface area contributed by atoms with Crippen LogP contribution in [0.5, 0.6) is 0 Å². The van der Waals surface area contributed by atoms with E-state index in [4.69, 9.17) is 4.74 Å². The van der Waals surface area contributed by atoms with Gasteiger partial charge in [0.25, 0.3) is 5.69 Å². The van der Waals surface area contributed by atoms with E-state index in [-0.39, 0.29) is 17.8 Å². The van der Waals surface area contributed by atoms with Crippen LogP contribution in [-0.4, -0.2) is 45.6 Å². The van der Waals surface area contributed by atoms with Crippen LogP contribution in [0.25, 0.3) is 10.9 Å². The summed E-state index contributed by atoms with van der Waals surface area (Å²) in [5, 5.41) is 24.1. The molecule has 2 heterocycles. The Kier molecular flexibility index (Phi) is 5.05. The lowest BCUT2D eigenvalue weighted by atomic mass is 10.1. The highest BCUT2D eigenvalue weighted by molar-refractivity contribution is 5.88. The number of carbonyl (C=O) groups is 1. The summed E-state index contributed by atoms with van der Waals surface area (Å²) < 4.78 is 5.39. The van der Waals surface area contributed by atoms with E-state index in [0.29, 0.717) is 35.4 Å². The van der Waals surface area contributed by atoms with Crippen molar-refractivity contribution in [2.75, 3.05) is 18.4 Å². The van der Waals surface area contributed by atoms with Crippen molar-refractivity contribution in [2.45, 2.75) is 38.8 Å². The molecule has 1 aliphatic rings. The summed E-state index contributed by atoms with van der Waals surface area (Å²) in [6.45, 7) is 6.50. The lowest BCUT2D eigenvalue weighted by molar-refractivity contribution is -0.384. The topological polar surface area (TPSA) is 121 Å².